The minimum Gasteiger partial charge on any atom is -0.467 e. The number of rotatable bonds is 4. The summed E-state index contributed by atoms with van der Waals surface area (Å²) in [5.74, 6) is 0.475. The molecule has 0 aliphatic rings. The molecule has 1 aromatic heterocycles. The second kappa shape index (κ2) is 5.54. The van der Waals surface area contributed by atoms with Crippen LogP contribution in [0.3, 0.4) is 0 Å². The molecule has 0 saturated heterocycles. The van der Waals surface area contributed by atoms with E-state index in [1.807, 2.05) is 30.5 Å². The van der Waals surface area contributed by atoms with Crippen LogP contribution in [0.4, 0.5) is 17.6 Å². The van der Waals surface area contributed by atoms with E-state index in [1.165, 1.54) is 7.11 Å². The van der Waals surface area contributed by atoms with Crippen LogP contribution >= 0.6 is 11.8 Å². The molecule has 1 heterocycles. The Balaban J connectivity index is 2.24. The number of nitrogens with one attached hydrogen (secondary N) is 1. The lowest BCUT2D eigenvalue weighted by Crippen LogP contribution is -2.05. The van der Waals surface area contributed by atoms with Crippen molar-refractivity contribution in [2.75, 3.05) is 24.4 Å². The summed E-state index contributed by atoms with van der Waals surface area (Å²) in [5.41, 5.74) is 6.44. The van der Waals surface area contributed by atoms with Crippen molar-refractivity contribution in [2.45, 2.75) is 4.90 Å². The highest BCUT2D eigenvalue weighted by Gasteiger charge is 2.04. The SMILES string of the molecule is COc1nc(N)nc(Nc2cccc(SC)c2)n1. The molecular weight excluding hydrogens is 250 g/mol. The molecule has 0 atom stereocenters. The minimum atomic E-state index is 0.116. The van der Waals surface area contributed by atoms with E-state index in [-0.39, 0.29) is 12.0 Å². The zero-order valence-corrected chi connectivity index (χ0v) is 10.9. The van der Waals surface area contributed by atoms with Gasteiger partial charge in [0.2, 0.25) is 11.9 Å². The predicted octanol–water partition coefficient (Wildman–Crippen LogP) is 1.93. The van der Waals surface area contributed by atoms with Crippen LogP contribution in [0.15, 0.2) is 29.2 Å². The number of ether oxygens (including phenoxy) is 1. The number of thioether (sulfide) groups is 1. The van der Waals surface area contributed by atoms with Crippen molar-refractivity contribution in [1.29, 1.82) is 0 Å². The number of aromatic nitrogens is 3. The van der Waals surface area contributed by atoms with Crippen molar-refractivity contribution in [3.05, 3.63) is 24.3 Å². The molecule has 2 aromatic rings. The third-order valence-electron chi connectivity index (χ3n) is 2.14. The second-order valence-electron chi connectivity index (χ2n) is 3.36. The van der Waals surface area contributed by atoms with E-state index >= 15 is 0 Å². The molecule has 0 radical (unpaired) electrons. The Labute approximate surface area is 109 Å². The van der Waals surface area contributed by atoms with Crippen molar-refractivity contribution in [2.24, 2.45) is 0 Å². The molecule has 0 unspecified atom stereocenters. The Morgan fingerprint density at radius 3 is 2.83 bits per heavy atom. The van der Waals surface area contributed by atoms with Gasteiger partial charge < -0.3 is 15.8 Å². The van der Waals surface area contributed by atoms with Gasteiger partial charge in [0, 0.05) is 10.6 Å². The van der Waals surface area contributed by atoms with E-state index < -0.39 is 0 Å². The molecule has 2 rings (SSSR count). The molecule has 0 aliphatic heterocycles. The van der Waals surface area contributed by atoms with Gasteiger partial charge in [0.15, 0.2) is 0 Å². The van der Waals surface area contributed by atoms with E-state index in [0.29, 0.717) is 5.95 Å². The van der Waals surface area contributed by atoms with Crippen LogP contribution in [0, 0.1) is 0 Å². The Hall–Kier alpha value is -2.02. The number of benzene rings is 1. The van der Waals surface area contributed by atoms with Crippen molar-refractivity contribution >= 4 is 29.3 Å². The van der Waals surface area contributed by atoms with Crippen molar-refractivity contribution in [3.63, 3.8) is 0 Å². The van der Waals surface area contributed by atoms with Crippen molar-refractivity contribution in [1.82, 2.24) is 15.0 Å². The summed E-state index contributed by atoms with van der Waals surface area (Å²) in [7, 11) is 1.48. The first kappa shape index (κ1) is 12.4. The lowest BCUT2D eigenvalue weighted by Gasteiger charge is -2.07. The number of hydrogen-bond acceptors (Lipinski definition) is 7. The Kier molecular flexibility index (Phi) is 3.83. The van der Waals surface area contributed by atoms with Gasteiger partial charge in [-0.1, -0.05) is 6.07 Å². The van der Waals surface area contributed by atoms with Crippen LogP contribution in [0.5, 0.6) is 6.01 Å². The lowest BCUT2D eigenvalue weighted by atomic mass is 10.3. The molecule has 7 heteroatoms. The molecule has 18 heavy (non-hydrogen) atoms. The van der Waals surface area contributed by atoms with Crippen LogP contribution in [0.2, 0.25) is 0 Å². The monoisotopic (exact) mass is 263 g/mol. The molecule has 94 valence electrons. The van der Waals surface area contributed by atoms with Gasteiger partial charge in [0.05, 0.1) is 7.11 Å². The fraction of sp³-hybridized carbons (Fsp3) is 0.182. The first-order valence-corrected chi connectivity index (χ1v) is 6.40. The highest BCUT2D eigenvalue weighted by molar-refractivity contribution is 7.98. The smallest absolute Gasteiger partial charge is 0.322 e. The second-order valence-corrected chi connectivity index (χ2v) is 4.24. The van der Waals surface area contributed by atoms with Gasteiger partial charge >= 0.3 is 6.01 Å². The maximum Gasteiger partial charge on any atom is 0.322 e. The number of nitrogens with zero attached hydrogens (tertiary/aromatic N) is 3. The first-order chi connectivity index (χ1) is 8.71. The summed E-state index contributed by atoms with van der Waals surface area (Å²) in [6.45, 7) is 0. The van der Waals surface area contributed by atoms with Gasteiger partial charge in [-0.3, -0.25) is 0 Å². The average Bonchev–Trinajstić information content (AvgIpc) is 2.38. The topological polar surface area (TPSA) is 86.0 Å². The van der Waals surface area contributed by atoms with Crippen molar-refractivity contribution < 1.29 is 4.74 Å². The zero-order chi connectivity index (χ0) is 13.0. The third-order valence-corrected chi connectivity index (χ3v) is 2.87. The van der Waals surface area contributed by atoms with E-state index in [0.717, 1.165) is 10.6 Å². The largest absolute Gasteiger partial charge is 0.467 e. The van der Waals surface area contributed by atoms with Gasteiger partial charge in [-0.25, -0.2) is 0 Å². The highest BCUT2D eigenvalue weighted by atomic mass is 32.2. The molecule has 0 fully saturated rings. The van der Waals surface area contributed by atoms with E-state index in [1.54, 1.807) is 11.8 Å². The first-order valence-electron chi connectivity index (χ1n) is 5.18. The summed E-state index contributed by atoms with van der Waals surface area (Å²) >= 11 is 1.66. The predicted molar refractivity (Wildman–Crippen MR) is 72.3 cm³/mol. The molecule has 0 bridgehead atoms. The Morgan fingerprint density at radius 1 is 1.28 bits per heavy atom. The molecule has 3 N–H and O–H groups in total. The summed E-state index contributed by atoms with van der Waals surface area (Å²) in [4.78, 5) is 13.0. The van der Waals surface area contributed by atoms with Crippen LogP contribution in [0.1, 0.15) is 0 Å². The maximum absolute atomic E-state index is 5.56. The quantitative estimate of drug-likeness (QED) is 0.815. The van der Waals surface area contributed by atoms with E-state index in [2.05, 4.69) is 20.3 Å². The van der Waals surface area contributed by atoms with E-state index in [4.69, 9.17) is 10.5 Å². The van der Waals surface area contributed by atoms with Crippen LogP contribution < -0.4 is 15.8 Å². The van der Waals surface area contributed by atoms with Gasteiger partial charge in [-0.05, 0) is 24.5 Å². The third kappa shape index (κ3) is 3.01. The number of anilines is 3. The molecule has 6 nitrogen and oxygen atoms in total. The number of methoxy groups -OCH3 is 1. The Morgan fingerprint density at radius 2 is 2.11 bits per heavy atom. The summed E-state index contributed by atoms with van der Waals surface area (Å²) in [6.07, 6.45) is 2.02. The minimum absolute atomic E-state index is 0.116. The van der Waals surface area contributed by atoms with Gasteiger partial charge in [-0.2, -0.15) is 15.0 Å². The lowest BCUT2D eigenvalue weighted by molar-refractivity contribution is 0.380. The summed E-state index contributed by atoms with van der Waals surface area (Å²) in [6, 6.07) is 8.09. The van der Waals surface area contributed by atoms with Crippen molar-refractivity contribution in [3.8, 4) is 6.01 Å². The van der Waals surface area contributed by atoms with Crippen LogP contribution in [0.25, 0.3) is 0 Å². The standard InChI is InChI=1S/C11H13N5OS/c1-17-11-15-9(12)14-10(16-11)13-7-4-3-5-8(6-7)18-2/h3-6H,1-2H3,(H3,12,13,14,15,16). The molecular formula is C11H13N5OS. The molecule has 0 spiro atoms. The number of nitrogens with two attached hydrogens (primary N) is 1. The number of nitrogen functional groups attached to an aromatic ring is 1. The molecule has 0 saturated carbocycles. The fourth-order valence-electron chi connectivity index (χ4n) is 1.35. The number of hydrogen-bond donors (Lipinski definition) is 2. The average molecular weight is 263 g/mol. The molecule has 0 aliphatic carbocycles. The Bertz CT molecular complexity index is 549. The van der Waals surface area contributed by atoms with Gasteiger partial charge in [0.25, 0.3) is 0 Å². The summed E-state index contributed by atoms with van der Waals surface area (Å²) < 4.78 is 4.93. The van der Waals surface area contributed by atoms with Crippen LogP contribution in [-0.4, -0.2) is 28.3 Å². The maximum atomic E-state index is 5.56. The van der Waals surface area contributed by atoms with Gasteiger partial charge in [-0.15, -0.1) is 11.8 Å². The fourth-order valence-corrected chi connectivity index (χ4v) is 1.81. The van der Waals surface area contributed by atoms with Gasteiger partial charge in [0.1, 0.15) is 0 Å². The van der Waals surface area contributed by atoms with E-state index in [9.17, 15) is 0 Å². The summed E-state index contributed by atoms with van der Waals surface area (Å²) in [5, 5.41) is 3.06. The normalized spacial score (nSPS) is 10.1. The van der Waals surface area contributed by atoms with Crippen LogP contribution in [-0.2, 0) is 0 Å². The molecule has 0 amide bonds. The highest BCUT2D eigenvalue weighted by Crippen LogP contribution is 2.21. The molecule has 1 aromatic carbocycles. The zero-order valence-electron chi connectivity index (χ0n) is 10.0.